The minimum atomic E-state index is -0.763. The van der Waals surface area contributed by atoms with E-state index in [4.69, 9.17) is 5.73 Å². The van der Waals surface area contributed by atoms with E-state index in [1.807, 2.05) is 25.5 Å². The number of hydrogen-bond acceptors (Lipinski definition) is 4. The van der Waals surface area contributed by atoms with Gasteiger partial charge in [0.25, 0.3) is 5.91 Å². The van der Waals surface area contributed by atoms with Crippen LogP contribution in [0.2, 0.25) is 0 Å². The van der Waals surface area contributed by atoms with Crippen LogP contribution < -0.4 is 11.1 Å². The summed E-state index contributed by atoms with van der Waals surface area (Å²) in [5, 5.41) is 2.74. The molecule has 2 heterocycles. The molecule has 1 aliphatic rings. The van der Waals surface area contributed by atoms with Crippen molar-refractivity contribution in [2.45, 2.75) is 45.8 Å². The summed E-state index contributed by atoms with van der Waals surface area (Å²) in [5.41, 5.74) is 7.11. The van der Waals surface area contributed by atoms with Crippen LogP contribution >= 0.6 is 0 Å². The third kappa shape index (κ3) is 4.82. The number of nitrogens with one attached hydrogen (secondary N) is 1. The van der Waals surface area contributed by atoms with Crippen molar-refractivity contribution in [3.05, 3.63) is 41.5 Å². The Morgan fingerprint density at radius 2 is 2.07 bits per heavy atom. The molecule has 0 fully saturated rings. The van der Waals surface area contributed by atoms with Crippen molar-refractivity contribution < 1.29 is 14.0 Å². The molecule has 0 saturated heterocycles. The van der Waals surface area contributed by atoms with Crippen molar-refractivity contribution in [2.75, 3.05) is 13.6 Å². The van der Waals surface area contributed by atoms with E-state index >= 15 is 0 Å². The highest BCUT2D eigenvalue weighted by atomic mass is 19.1. The van der Waals surface area contributed by atoms with E-state index in [0.29, 0.717) is 30.9 Å². The number of aromatic nitrogens is 2. The Bertz CT molecular complexity index is 908. The molecule has 0 saturated carbocycles. The maximum Gasteiger partial charge on any atom is 0.272 e. The van der Waals surface area contributed by atoms with E-state index in [1.54, 1.807) is 12.1 Å². The first kappa shape index (κ1) is 21.0. The maximum absolute atomic E-state index is 13.8. The van der Waals surface area contributed by atoms with Crippen LogP contribution in [0.15, 0.2) is 24.3 Å². The molecule has 1 aliphatic heterocycles. The van der Waals surface area contributed by atoms with E-state index in [9.17, 15) is 14.0 Å². The highest BCUT2D eigenvalue weighted by Crippen LogP contribution is 2.26. The highest BCUT2D eigenvalue weighted by Gasteiger charge is 2.28. The molecule has 156 valence electrons. The fraction of sp³-hybridized carbons (Fsp3) is 0.476. The molecule has 0 radical (unpaired) electrons. The van der Waals surface area contributed by atoms with E-state index in [-0.39, 0.29) is 17.4 Å². The van der Waals surface area contributed by atoms with Gasteiger partial charge in [-0.3, -0.25) is 9.59 Å². The molecule has 3 N–H and O–H groups in total. The number of carbonyl (C=O) groups is 2. The number of carbonyl (C=O) groups excluding carboxylic acids is 2. The first-order chi connectivity index (χ1) is 13.8. The van der Waals surface area contributed by atoms with Gasteiger partial charge >= 0.3 is 0 Å². The molecule has 29 heavy (non-hydrogen) atoms. The van der Waals surface area contributed by atoms with Crippen molar-refractivity contribution in [3.8, 4) is 11.4 Å². The second-order valence-corrected chi connectivity index (χ2v) is 8.04. The van der Waals surface area contributed by atoms with Crippen molar-refractivity contribution in [1.82, 2.24) is 19.8 Å². The standard InChI is InChI=1S/C21H28FN5O2/c1-13(2)10-16(19(23)28)24-21(29)18-17-12-26(3)8-5-9-27(17)20(25-18)14-6-4-7-15(22)11-14/h4,6-7,11,13,16H,5,8-10,12H2,1-3H3,(H2,23,28)(H,24,29). The SMILES string of the molecule is CC(C)CC(NC(=O)c1nc(-c2cccc(F)c2)n2c1CN(C)CCC2)C(N)=O. The van der Waals surface area contributed by atoms with Gasteiger partial charge in [-0.25, -0.2) is 9.37 Å². The number of halogens is 1. The number of nitrogens with two attached hydrogens (primary N) is 1. The number of benzene rings is 1. The number of rotatable bonds is 6. The molecule has 1 unspecified atom stereocenters. The number of fused-ring (bicyclic) bond motifs is 1. The molecule has 0 spiro atoms. The normalized spacial score (nSPS) is 15.6. The van der Waals surface area contributed by atoms with Crippen molar-refractivity contribution in [1.29, 1.82) is 0 Å². The van der Waals surface area contributed by atoms with Crippen molar-refractivity contribution >= 4 is 11.8 Å². The van der Waals surface area contributed by atoms with Gasteiger partial charge in [0.2, 0.25) is 5.91 Å². The van der Waals surface area contributed by atoms with Crippen molar-refractivity contribution in [3.63, 3.8) is 0 Å². The number of amides is 2. The lowest BCUT2D eigenvalue weighted by Crippen LogP contribution is -2.45. The molecule has 1 atom stereocenters. The molecule has 0 bridgehead atoms. The predicted octanol–water partition coefficient (Wildman–Crippen LogP) is 2.15. The minimum absolute atomic E-state index is 0.195. The molecular formula is C21H28FN5O2. The zero-order chi connectivity index (χ0) is 21.1. The second kappa shape index (κ2) is 8.73. The summed E-state index contributed by atoms with van der Waals surface area (Å²) in [6, 6.07) is 5.43. The number of primary amides is 1. The van der Waals surface area contributed by atoms with Crippen LogP contribution in [-0.2, 0) is 17.9 Å². The van der Waals surface area contributed by atoms with Crippen LogP contribution in [0.4, 0.5) is 4.39 Å². The predicted molar refractivity (Wildman–Crippen MR) is 108 cm³/mol. The van der Waals surface area contributed by atoms with Crippen LogP contribution in [0, 0.1) is 11.7 Å². The lowest BCUT2D eigenvalue weighted by Gasteiger charge is -2.18. The fourth-order valence-corrected chi connectivity index (χ4v) is 3.70. The number of imidazole rings is 1. The average Bonchev–Trinajstić information content (AvgIpc) is 2.87. The third-order valence-corrected chi connectivity index (χ3v) is 5.07. The van der Waals surface area contributed by atoms with Crippen molar-refractivity contribution in [2.24, 2.45) is 11.7 Å². The van der Waals surface area contributed by atoms with E-state index in [1.165, 1.54) is 12.1 Å². The van der Waals surface area contributed by atoms with Crippen LogP contribution in [-0.4, -0.2) is 45.9 Å². The van der Waals surface area contributed by atoms with Gasteiger partial charge in [-0.1, -0.05) is 26.0 Å². The van der Waals surface area contributed by atoms with Gasteiger partial charge in [-0.05, 0) is 44.5 Å². The van der Waals surface area contributed by atoms with E-state index in [0.717, 1.165) is 18.7 Å². The van der Waals surface area contributed by atoms with Crippen LogP contribution in [0.3, 0.4) is 0 Å². The first-order valence-electron chi connectivity index (χ1n) is 9.90. The molecule has 7 nitrogen and oxygen atoms in total. The van der Waals surface area contributed by atoms with Gasteiger partial charge < -0.3 is 20.5 Å². The summed E-state index contributed by atoms with van der Waals surface area (Å²) >= 11 is 0. The van der Waals surface area contributed by atoms with Gasteiger partial charge in [0.15, 0.2) is 5.69 Å². The van der Waals surface area contributed by atoms with Gasteiger partial charge in [0.1, 0.15) is 17.7 Å². The quantitative estimate of drug-likeness (QED) is 0.776. The second-order valence-electron chi connectivity index (χ2n) is 8.04. The van der Waals surface area contributed by atoms with Crippen LogP contribution in [0.25, 0.3) is 11.4 Å². The zero-order valence-electron chi connectivity index (χ0n) is 17.1. The Labute approximate surface area is 170 Å². The molecule has 1 aromatic heterocycles. The lowest BCUT2D eigenvalue weighted by atomic mass is 10.0. The Morgan fingerprint density at radius 1 is 1.31 bits per heavy atom. The Balaban J connectivity index is 2.02. The first-order valence-corrected chi connectivity index (χ1v) is 9.90. The lowest BCUT2D eigenvalue weighted by molar-refractivity contribution is -0.120. The molecule has 8 heteroatoms. The molecule has 1 aromatic carbocycles. The molecular weight excluding hydrogens is 373 g/mol. The largest absolute Gasteiger partial charge is 0.368 e. The monoisotopic (exact) mass is 401 g/mol. The number of nitrogens with zero attached hydrogens (tertiary/aromatic N) is 3. The summed E-state index contributed by atoms with van der Waals surface area (Å²) < 4.78 is 15.8. The van der Waals surface area contributed by atoms with E-state index in [2.05, 4.69) is 15.2 Å². The Hall–Kier alpha value is -2.74. The maximum atomic E-state index is 13.8. The summed E-state index contributed by atoms with van der Waals surface area (Å²) in [7, 11) is 1.98. The molecule has 3 rings (SSSR count). The fourth-order valence-electron chi connectivity index (χ4n) is 3.70. The van der Waals surface area contributed by atoms with Crippen LogP contribution in [0.1, 0.15) is 42.9 Å². The minimum Gasteiger partial charge on any atom is -0.368 e. The van der Waals surface area contributed by atoms with Gasteiger partial charge in [-0.15, -0.1) is 0 Å². The summed E-state index contributed by atoms with van der Waals surface area (Å²) in [6.45, 7) is 6.01. The summed E-state index contributed by atoms with van der Waals surface area (Å²) in [6.07, 6.45) is 1.34. The zero-order valence-corrected chi connectivity index (χ0v) is 17.1. The average molecular weight is 401 g/mol. The number of hydrogen-bond donors (Lipinski definition) is 2. The molecule has 2 amide bonds. The third-order valence-electron chi connectivity index (χ3n) is 5.07. The van der Waals surface area contributed by atoms with Gasteiger partial charge in [0, 0.05) is 18.7 Å². The van der Waals surface area contributed by atoms with Gasteiger partial charge in [-0.2, -0.15) is 0 Å². The van der Waals surface area contributed by atoms with Gasteiger partial charge in [0.05, 0.1) is 5.69 Å². The van der Waals surface area contributed by atoms with E-state index < -0.39 is 17.9 Å². The smallest absolute Gasteiger partial charge is 0.272 e. The molecule has 2 aromatic rings. The molecule has 0 aliphatic carbocycles. The Morgan fingerprint density at radius 3 is 2.72 bits per heavy atom. The topological polar surface area (TPSA) is 93.2 Å². The highest BCUT2D eigenvalue weighted by molar-refractivity contribution is 5.97. The summed E-state index contributed by atoms with van der Waals surface area (Å²) in [4.78, 5) is 31.5. The summed E-state index contributed by atoms with van der Waals surface area (Å²) in [5.74, 6) is -0.612. The Kier molecular flexibility index (Phi) is 6.32. The van der Waals surface area contributed by atoms with Crippen LogP contribution in [0.5, 0.6) is 0 Å².